The Morgan fingerprint density at radius 3 is 2.86 bits per heavy atom. The second-order valence-electron chi connectivity index (χ2n) is 7.48. The summed E-state index contributed by atoms with van der Waals surface area (Å²) >= 11 is 0. The van der Waals surface area contributed by atoms with Crippen molar-refractivity contribution in [2.45, 2.75) is 38.5 Å². The molecule has 0 N–H and O–H groups in total. The van der Waals surface area contributed by atoms with E-state index in [4.69, 9.17) is 9.47 Å². The summed E-state index contributed by atoms with van der Waals surface area (Å²) in [4.78, 5) is 12.7. The van der Waals surface area contributed by atoms with Crippen molar-refractivity contribution in [2.75, 3.05) is 13.7 Å². The zero-order valence-corrected chi connectivity index (χ0v) is 16.8. The summed E-state index contributed by atoms with van der Waals surface area (Å²) in [6, 6.07) is 14.7. The van der Waals surface area contributed by atoms with Crippen molar-refractivity contribution in [3.63, 3.8) is 0 Å². The molecule has 146 valence electrons. The minimum atomic E-state index is -0.275. The highest BCUT2D eigenvalue weighted by molar-refractivity contribution is 5.97. The number of nitrogens with zero attached hydrogens (tertiary/aromatic N) is 1. The molecule has 1 atom stereocenters. The number of aryl methyl sites for hydroxylation is 2. The first kappa shape index (κ1) is 18.6. The molecule has 0 amide bonds. The zero-order valence-electron chi connectivity index (χ0n) is 16.8. The van der Waals surface area contributed by atoms with Crippen molar-refractivity contribution in [2.24, 2.45) is 7.05 Å². The highest BCUT2D eigenvalue weighted by atomic mass is 16.5. The van der Waals surface area contributed by atoms with Crippen molar-refractivity contribution in [3.05, 3.63) is 53.6 Å². The number of rotatable bonds is 5. The van der Waals surface area contributed by atoms with Gasteiger partial charge in [0.05, 0.1) is 25.3 Å². The van der Waals surface area contributed by atoms with Crippen LogP contribution in [0.4, 0.5) is 0 Å². The van der Waals surface area contributed by atoms with Crippen LogP contribution >= 0.6 is 0 Å². The van der Waals surface area contributed by atoms with Gasteiger partial charge in [-0.3, -0.25) is 4.79 Å². The third kappa shape index (κ3) is 3.07. The van der Waals surface area contributed by atoms with Gasteiger partial charge in [-0.25, -0.2) is 0 Å². The Hall–Kier alpha value is -2.75. The lowest BCUT2D eigenvalue weighted by Gasteiger charge is -2.20. The van der Waals surface area contributed by atoms with Crippen LogP contribution in [0, 0.1) is 0 Å². The van der Waals surface area contributed by atoms with Crippen LogP contribution in [0.5, 0.6) is 5.75 Å². The lowest BCUT2D eigenvalue weighted by Crippen LogP contribution is -2.15. The van der Waals surface area contributed by atoms with Gasteiger partial charge in [-0.15, -0.1) is 0 Å². The van der Waals surface area contributed by atoms with E-state index in [2.05, 4.69) is 48.9 Å². The summed E-state index contributed by atoms with van der Waals surface area (Å²) in [5.74, 6) is 0.539. The summed E-state index contributed by atoms with van der Waals surface area (Å²) in [7, 11) is 3.56. The first-order chi connectivity index (χ1) is 13.7. The van der Waals surface area contributed by atoms with Crippen molar-refractivity contribution in [1.82, 2.24) is 4.57 Å². The van der Waals surface area contributed by atoms with E-state index >= 15 is 0 Å². The molecule has 3 aromatic rings. The van der Waals surface area contributed by atoms with Crippen LogP contribution in [0.3, 0.4) is 0 Å². The number of para-hydroxylation sites is 1. The van der Waals surface area contributed by atoms with E-state index < -0.39 is 0 Å². The number of methoxy groups -OCH3 is 1. The first-order valence-corrected chi connectivity index (χ1v) is 10.1. The van der Waals surface area contributed by atoms with E-state index in [1.165, 1.54) is 12.7 Å². The normalized spacial score (nSPS) is 14.4. The van der Waals surface area contributed by atoms with Crippen LogP contribution in [0.25, 0.3) is 22.2 Å². The summed E-state index contributed by atoms with van der Waals surface area (Å²) in [5, 5.41) is 1.12. The second-order valence-corrected chi connectivity index (χ2v) is 7.48. The second kappa shape index (κ2) is 7.70. The van der Waals surface area contributed by atoms with E-state index in [-0.39, 0.29) is 11.9 Å². The molecule has 1 unspecified atom stereocenters. The van der Waals surface area contributed by atoms with Gasteiger partial charge in [0, 0.05) is 18.0 Å². The van der Waals surface area contributed by atoms with Crippen LogP contribution in [0.15, 0.2) is 42.5 Å². The number of hydrogen-bond acceptors (Lipinski definition) is 3. The first-order valence-electron chi connectivity index (χ1n) is 10.1. The summed E-state index contributed by atoms with van der Waals surface area (Å²) in [6.45, 7) is 2.89. The Kier molecular flexibility index (Phi) is 5.12. The molecule has 4 heteroatoms. The molecule has 0 saturated heterocycles. The van der Waals surface area contributed by atoms with E-state index in [9.17, 15) is 4.79 Å². The van der Waals surface area contributed by atoms with Crippen molar-refractivity contribution in [3.8, 4) is 17.0 Å². The quantitative estimate of drug-likeness (QED) is 0.572. The average molecular weight is 377 g/mol. The maximum atomic E-state index is 12.7. The number of hydrogen-bond donors (Lipinski definition) is 0. The molecular formula is C24H27NO3. The van der Waals surface area contributed by atoms with Gasteiger partial charge in [-0.1, -0.05) is 31.5 Å². The van der Waals surface area contributed by atoms with E-state index in [0.29, 0.717) is 0 Å². The van der Waals surface area contributed by atoms with Gasteiger partial charge >= 0.3 is 5.97 Å². The summed E-state index contributed by atoms with van der Waals surface area (Å²) in [5.41, 5.74) is 5.67. The molecule has 1 aromatic heterocycles. The van der Waals surface area contributed by atoms with Crippen molar-refractivity contribution in [1.29, 1.82) is 0 Å². The third-order valence-corrected chi connectivity index (χ3v) is 5.74. The van der Waals surface area contributed by atoms with Gasteiger partial charge in [-0.2, -0.15) is 0 Å². The number of benzene rings is 2. The molecule has 0 spiro atoms. The van der Waals surface area contributed by atoms with Gasteiger partial charge in [0.2, 0.25) is 0 Å². The fraction of sp³-hybridized carbons (Fsp3) is 0.375. The predicted molar refractivity (Wildman–Crippen MR) is 112 cm³/mol. The molecule has 0 radical (unpaired) electrons. The van der Waals surface area contributed by atoms with Crippen LogP contribution in [0.2, 0.25) is 0 Å². The minimum Gasteiger partial charge on any atom is -0.493 e. The lowest BCUT2D eigenvalue weighted by atomic mass is 9.89. The Balaban J connectivity index is 1.97. The van der Waals surface area contributed by atoms with Gasteiger partial charge in [-0.05, 0) is 60.2 Å². The molecular weight excluding hydrogens is 350 g/mol. The Labute approximate surface area is 166 Å². The molecule has 0 bridgehead atoms. The number of aromatic nitrogens is 1. The monoisotopic (exact) mass is 377 g/mol. The number of carbonyl (C=O) groups excluding carboxylic acids is 1. The van der Waals surface area contributed by atoms with Gasteiger partial charge in [0.25, 0.3) is 0 Å². The number of fused-ring (bicyclic) bond motifs is 2. The summed E-state index contributed by atoms with van der Waals surface area (Å²) < 4.78 is 13.2. The number of carbonyl (C=O) groups is 1. The largest absolute Gasteiger partial charge is 0.493 e. The molecule has 4 nitrogen and oxygen atoms in total. The van der Waals surface area contributed by atoms with Crippen LogP contribution < -0.4 is 4.74 Å². The molecule has 2 heterocycles. The highest BCUT2D eigenvalue weighted by Crippen LogP contribution is 2.41. The Morgan fingerprint density at radius 2 is 2.07 bits per heavy atom. The van der Waals surface area contributed by atoms with Gasteiger partial charge in [0.1, 0.15) is 5.75 Å². The molecule has 0 fully saturated rings. The van der Waals surface area contributed by atoms with E-state index in [1.54, 1.807) is 0 Å². The smallest absolute Gasteiger partial charge is 0.313 e. The van der Waals surface area contributed by atoms with E-state index in [0.717, 1.165) is 65.8 Å². The SMILES string of the molecule is CCCC(C(=O)OC)c1c(-c2ccc3c(c2)CCCO3)n(C)c2ccccc12. The zero-order chi connectivity index (χ0) is 19.7. The molecule has 4 rings (SSSR count). The molecule has 0 aliphatic carbocycles. The number of ether oxygens (including phenoxy) is 2. The van der Waals surface area contributed by atoms with Crippen LogP contribution in [-0.2, 0) is 23.0 Å². The standard InChI is InChI=1S/C24H27NO3/c1-4-8-19(24(26)27-3)22-18-10-5-6-11-20(18)25(2)23(22)17-12-13-21-16(15-17)9-7-14-28-21/h5-6,10-13,15,19H,4,7-9,14H2,1-3H3. The molecule has 1 aliphatic heterocycles. The predicted octanol–water partition coefficient (Wildman–Crippen LogP) is 5.23. The Bertz CT molecular complexity index is 1020. The molecule has 2 aromatic carbocycles. The molecule has 28 heavy (non-hydrogen) atoms. The average Bonchev–Trinajstić information content (AvgIpc) is 3.03. The van der Waals surface area contributed by atoms with Gasteiger partial charge in [0.15, 0.2) is 0 Å². The summed E-state index contributed by atoms with van der Waals surface area (Å²) in [6.07, 6.45) is 3.75. The molecule has 1 aliphatic rings. The topological polar surface area (TPSA) is 40.5 Å². The maximum absolute atomic E-state index is 12.7. The fourth-order valence-electron chi connectivity index (χ4n) is 4.44. The van der Waals surface area contributed by atoms with Crippen LogP contribution in [-0.4, -0.2) is 24.3 Å². The Morgan fingerprint density at radius 1 is 1.25 bits per heavy atom. The number of esters is 1. The van der Waals surface area contributed by atoms with Crippen molar-refractivity contribution < 1.29 is 14.3 Å². The molecule has 0 saturated carbocycles. The highest BCUT2D eigenvalue weighted by Gasteiger charge is 2.29. The fourth-order valence-corrected chi connectivity index (χ4v) is 4.44. The minimum absolute atomic E-state index is 0.166. The van der Waals surface area contributed by atoms with Gasteiger partial charge < -0.3 is 14.0 Å². The van der Waals surface area contributed by atoms with Crippen molar-refractivity contribution >= 4 is 16.9 Å². The maximum Gasteiger partial charge on any atom is 0.313 e. The van der Waals surface area contributed by atoms with E-state index in [1.807, 2.05) is 12.1 Å². The third-order valence-electron chi connectivity index (χ3n) is 5.74. The lowest BCUT2D eigenvalue weighted by molar-refractivity contribution is -0.142. The van der Waals surface area contributed by atoms with Crippen LogP contribution in [0.1, 0.15) is 43.2 Å².